The Kier molecular flexibility index (Phi) is 3.62. The summed E-state index contributed by atoms with van der Waals surface area (Å²) in [6, 6.07) is 8.99. The van der Waals surface area contributed by atoms with Crippen molar-refractivity contribution in [1.82, 2.24) is 0 Å². The minimum atomic E-state index is -0.959. The third-order valence-corrected chi connectivity index (χ3v) is 4.15. The van der Waals surface area contributed by atoms with E-state index in [0.29, 0.717) is 0 Å². The average molecular weight is 235 g/mol. The predicted octanol–water partition coefficient (Wildman–Crippen LogP) is 2.40. The second kappa shape index (κ2) is 4.49. The van der Waals surface area contributed by atoms with Gasteiger partial charge in [0.05, 0.1) is 0 Å². The Hall–Kier alpha value is -1.35. The molecule has 94 valence electrons. The summed E-state index contributed by atoms with van der Waals surface area (Å²) in [4.78, 5) is 11.1. The Balaban J connectivity index is 3.17. The van der Waals surface area contributed by atoms with E-state index in [0.717, 1.165) is 5.56 Å². The zero-order valence-electron chi connectivity index (χ0n) is 10.9. The molecule has 0 bridgehead atoms. The number of carboxylic acid groups (broad SMARTS) is 1. The second-order valence-electron chi connectivity index (χ2n) is 5.53. The Morgan fingerprint density at radius 1 is 1.18 bits per heavy atom. The molecule has 3 N–H and O–H groups in total. The van der Waals surface area contributed by atoms with Gasteiger partial charge in [-0.05, 0) is 16.4 Å². The van der Waals surface area contributed by atoms with Crippen LogP contribution in [-0.2, 0) is 10.2 Å². The maximum absolute atomic E-state index is 11.1. The maximum Gasteiger partial charge on any atom is 0.321 e. The molecule has 0 heterocycles. The van der Waals surface area contributed by atoms with Crippen LogP contribution in [0.15, 0.2) is 30.3 Å². The summed E-state index contributed by atoms with van der Waals surface area (Å²) in [5.41, 5.74) is 6.06. The van der Waals surface area contributed by atoms with Gasteiger partial charge in [0.2, 0.25) is 0 Å². The van der Waals surface area contributed by atoms with Gasteiger partial charge in [0.15, 0.2) is 0 Å². The number of benzene rings is 1. The van der Waals surface area contributed by atoms with Crippen LogP contribution in [0.2, 0.25) is 0 Å². The highest BCUT2D eigenvalue weighted by atomic mass is 16.4. The van der Waals surface area contributed by atoms with Crippen molar-refractivity contribution in [2.75, 3.05) is 0 Å². The topological polar surface area (TPSA) is 63.3 Å². The highest BCUT2D eigenvalue weighted by molar-refractivity contribution is 5.74. The first-order valence-electron chi connectivity index (χ1n) is 5.75. The smallest absolute Gasteiger partial charge is 0.321 e. The number of carbonyl (C=O) groups is 1. The number of hydrogen-bond donors (Lipinski definition) is 2. The fourth-order valence-electron chi connectivity index (χ4n) is 1.92. The standard InChI is InChI=1S/C14H21NO2/c1-13(2,10-8-6-5-7-9-10)14(3,4)11(15)12(16)17/h5-9,11H,15H2,1-4H3,(H,16,17). The second-order valence-corrected chi connectivity index (χ2v) is 5.53. The highest BCUT2D eigenvalue weighted by Crippen LogP contribution is 2.43. The van der Waals surface area contributed by atoms with E-state index in [9.17, 15) is 4.79 Å². The molecule has 0 fully saturated rings. The number of carboxylic acids is 1. The van der Waals surface area contributed by atoms with E-state index in [-0.39, 0.29) is 5.41 Å². The first kappa shape index (κ1) is 13.7. The van der Waals surface area contributed by atoms with Gasteiger partial charge in [0.25, 0.3) is 0 Å². The molecule has 1 unspecified atom stereocenters. The van der Waals surface area contributed by atoms with Gasteiger partial charge in [-0.15, -0.1) is 0 Å². The molecule has 0 aliphatic rings. The third-order valence-electron chi connectivity index (χ3n) is 4.15. The molecule has 0 radical (unpaired) electrons. The van der Waals surface area contributed by atoms with Gasteiger partial charge in [-0.2, -0.15) is 0 Å². The summed E-state index contributed by atoms with van der Waals surface area (Å²) in [5, 5.41) is 9.10. The molecular formula is C14H21NO2. The number of rotatable bonds is 4. The molecule has 0 saturated carbocycles. The zero-order valence-corrected chi connectivity index (χ0v) is 10.9. The lowest BCUT2D eigenvalue weighted by atomic mass is 9.61. The van der Waals surface area contributed by atoms with E-state index >= 15 is 0 Å². The molecule has 0 aromatic heterocycles. The maximum atomic E-state index is 11.1. The molecule has 1 aromatic rings. The number of nitrogens with two attached hydrogens (primary N) is 1. The minimum Gasteiger partial charge on any atom is -0.480 e. The summed E-state index contributed by atoms with van der Waals surface area (Å²) in [7, 11) is 0. The van der Waals surface area contributed by atoms with Gasteiger partial charge >= 0.3 is 5.97 Å². The summed E-state index contributed by atoms with van der Waals surface area (Å²) in [6.45, 7) is 7.87. The van der Waals surface area contributed by atoms with Crippen LogP contribution in [-0.4, -0.2) is 17.1 Å². The molecule has 0 spiro atoms. The lowest BCUT2D eigenvalue weighted by molar-refractivity contribution is -0.142. The zero-order chi connectivity index (χ0) is 13.3. The molecule has 1 atom stereocenters. The van der Waals surface area contributed by atoms with E-state index < -0.39 is 17.4 Å². The van der Waals surface area contributed by atoms with Crippen molar-refractivity contribution < 1.29 is 9.90 Å². The molecule has 0 aliphatic heterocycles. The summed E-state index contributed by atoms with van der Waals surface area (Å²) >= 11 is 0. The lowest BCUT2D eigenvalue weighted by Crippen LogP contribution is -2.53. The van der Waals surface area contributed by atoms with Gasteiger partial charge in [-0.25, -0.2) is 0 Å². The molecule has 0 saturated heterocycles. The summed E-state index contributed by atoms with van der Waals surface area (Å²) in [6.07, 6.45) is 0. The molecule has 1 aromatic carbocycles. The monoisotopic (exact) mass is 235 g/mol. The molecule has 0 amide bonds. The van der Waals surface area contributed by atoms with Crippen molar-refractivity contribution in [3.05, 3.63) is 35.9 Å². The molecule has 17 heavy (non-hydrogen) atoms. The van der Waals surface area contributed by atoms with Crippen LogP contribution in [0.5, 0.6) is 0 Å². The van der Waals surface area contributed by atoms with E-state index in [4.69, 9.17) is 10.8 Å². The van der Waals surface area contributed by atoms with E-state index in [2.05, 4.69) is 0 Å². The first-order chi connectivity index (χ1) is 7.71. The SMILES string of the molecule is CC(C)(c1ccccc1)C(C)(C)C(N)C(=O)O. The normalized spacial score (nSPS) is 14.4. The fraction of sp³-hybridized carbons (Fsp3) is 0.500. The molecule has 3 nitrogen and oxygen atoms in total. The quantitative estimate of drug-likeness (QED) is 0.842. The van der Waals surface area contributed by atoms with Crippen molar-refractivity contribution in [3.8, 4) is 0 Å². The largest absolute Gasteiger partial charge is 0.480 e. The van der Waals surface area contributed by atoms with Crippen molar-refractivity contribution >= 4 is 5.97 Å². The van der Waals surface area contributed by atoms with Crippen molar-refractivity contribution in [2.45, 2.75) is 39.2 Å². The number of aliphatic carboxylic acids is 1. The molecule has 1 rings (SSSR count). The van der Waals surface area contributed by atoms with Crippen LogP contribution in [0.4, 0.5) is 0 Å². The minimum absolute atomic E-state index is 0.313. The van der Waals surface area contributed by atoms with Crippen molar-refractivity contribution in [2.24, 2.45) is 11.1 Å². The van der Waals surface area contributed by atoms with Crippen LogP contribution in [0.25, 0.3) is 0 Å². The van der Waals surface area contributed by atoms with Crippen LogP contribution in [0.3, 0.4) is 0 Å². The Morgan fingerprint density at radius 3 is 2.06 bits per heavy atom. The van der Waals surface area contributed by atoms with Gasteiger partial charge in [0, 0.05) is 0 Å². The Morgan fingerprint density at radius 2 is 1.65 bits per heavy atom. The molecule has 0 aliphatic carbocycles. The molecule has 3 heteroatoms. The van der Waals surface area contributed by atoms with Gasteiger partial charge in [0.1, 0.15) is 6.04 Å². The Bertz CT molecular complexity index is 396. The van der Waals surface area contributed by atoms with Gasteiger partial charge in [-0.1, -0.05) is 58.0 Å². The molecular weight excluding hydrogens is 214 g/mol. The average Bonchev–Trinajstić information content (AvgIpc) is 2.28. The van der Waals surface area contributed by atoms with Crippen molar-refractivity contribution in [1.29, 1.82) is 0 Å². The Labute approximate surface area is 103 Å². The number of hydrogen-bond acceptors (Lipinski definition) is 2. The van der Waals surface area contributed by atoms with Crippen LogP contribution in [0, 0.1) is 5.41 Å². The van der Waals surface area contributed by atoms with E-state index in [1.165, 1.54) is 0 Å². The summed E-state index contributed by atoms with van der Waals surface area (Å²) < 4.78 is 0. The summed E-state index contributed by atoms with van der Waals surface area (Å²) in [5.74, 6) is -0.959. The lowest BCUT2D eigenvalue weighted by Gasteiger charge is -2.44. The van der Waals surface area contributed by atoms with Gasteiger partial charge in [-0.3, -0.25) is 4.79 Å². The fourth-order valence-corrected chi connectivity index (χ4v) is 1.92. The van der Waals surface area contributed by atoms with Crippen molar-refractivity contribution in [3.63, 3.8) is 0 Å². The predicted molar refractivity (Wildman–Crippen MR) is 68.9 cm³/mol. The van der Waals surface area contributed by atoms with E-state index in [1.54, 1.807) is 0 Å². The van der Waals surface area contributed by atoms with E-state index in [1.807, 2.05) is 58.0 Å². The van der Waals surface area contributed by atoms with Crippen LogP contribution >= 0.6 is 0 Å². The van der Waals surface area contributed by atoms with Gasteiger partial charge < -0.3 is 10.8 Å². The van der Waals surface area contributed by atoms with Crippen LogP contribution in [0.1, 0.15) is 33.3 Å². The first-order valence-corrected chi connectivity index (χ1v) is 5.75. The third kappa shape index (κ3) is 2.34. The highest BCUT2D eigenvalue weighted by Gasteiger charge is 2.45. The van der Waals surface area contributed by atoms with Crippen LogP contribution < -0.4 is 5.73 Å².